The second-order valence-corrected chi connectivity index (χ2v) is 12.3. The molecule has 3 unspecified atom stereocenters. The first-order valence-electron chi connectivity index (χ1n) is 13.0. The molecule has 0 aliphatic carbocycles. The standard InChI is InChI=1S/C28H39N3O4S/c1-21-15-22(2)20-31(19-21)36(33,34)26-8-6-7-24(16-26)28(32)18-29-17-27(30-13-4-5-14-30)23-9-11-25(35-3)12-10-23/h6-12,16,21-22,27,29H,4-5,13-15,17-20H2,1-3H3. The van der Waals surface area contributed by atoms with Crippen LogP contribution in [0.3, 0.4) is 0 Å². The Balaban J connectivity index is 1.41. The van der Waals surface area contributed by atoms with Crippen LogP contribution in [0.5, 0.6) is 5.75 Å². The Morgan fingerprint density at radius 3 is 2.36 bits per heavy atom. The molecule has 1 N–H and O–H groups in total. The Kier molecular flexibility index (Phi) is 8.83. The molecule has 2 saturated heterocycles. The topological polar surface area (TPSA) is 78.9 Å². The fourth-order valence-corrected chi connectivity index (χ4v) is 7.27. The number of likely N-dealkylation sites (tertiary alicyclic amines) is 1. The van der Waals surface area contributed by atoms with E-state index in [-0.39, 0.29) is 23.3 Å². The van der Waals surface area contributed by atoms with Gasteiger partial charge in [0.15, 0.2) is 5.78 Å². The number of piperidine rings is 1. The van der Waals surface area contributed by atoms with Crippen molar-refractivity contribution >= 4 is 15.8 Å². The average Bonchev–Trinajstić information content (AvgIpc) is 3.41. The molecule has 2 heterocycles. The monoisotopic (exact) mass is 513 g/mol. The fourth-order valence-electron chi connectivity index (χ4n) is 5.54. The summed E-state index contributed by atoms with van der Waals surface area (Å²) in [5.74, 6) is 1.37. The van der Waals surface area contributed by atoms with Crippen molar-refractivity contribution in [2.45, 2.75) is 44.0 Å². The Labute approximate surface area is 215 Å². The molecule has 0 amide bonds. The maximum absolute atomic E-state index is 13.3. The van der Waals surface area contributed by atoms with Crippen LogP contribution in [0.4, 0.5) is 0 Å². The number of nitrogens with zero attached hydrogens (tertiary/aromatic N) is 2. The molecule has 2 aliphatic rings. The van der Waals surface area contributed by atoms with Crippen LogP contribution < -0.4 is 10.1 Å². The molecule has 3 atom stereocenters. The summed E-state index contributed by atoms with van der Waals surface area (Å²) in [5, 5.41) is 3.34. The highest BCUT2D eigenvalue weighted by Gasteiger charge is 2.32. The molecule has 4 rings (SSSR count). The normalized spacial score (nSPS) is 22.4. The van der Waals surface area contributed by atoms with Crippen molar-refractivity contribution in [1.82, 2.24) is 14.5 Å². The maximum atomic E-state index is 13.3. The van der Waals surface area contributed by atoms with Crippen molar-refractivity contribution in [2.24, 2.45) is 11.8 Å². The molecule has 0 radical (unpaired) electrons. The molecule has 196 valence electrons. The van der Waals surface area contributed by atoms with E-state index >= 15 is 0 Å². The van der Waals surface area contributed by atoms with Crippen molar-refractivity contribution in [2.75, 3.05) is 46.4 Å². The first kappa shape index (κ1) is 26.8. The summed E-state index contributed by atoms with van der Waals surface area (Å²) in [6.07, 6.45) is 3.40. The van der Waals surface area contributed by atoms with Crippen LogP contribution in [-0.4, -0.2) is 69.8 Å². The van der Waals surface area contributed by atoms with Gasteiger partial charge in [0.25, 0.3) is 0 Å². The first-order valence-corrected chi connectivity index (χ1v) is 14.4. The lowest BCUT2D eigenvalue weighted by molar-refractivity contribution is 0.0987. The van der Waals surface area contributed by atoms with E-state index in [1.807, 2.05) is 12.1 Å². The molecule has 8 heteroatoms. The van der Waals surface area contributed by atoms with Gasteiger partial charge in [-0.15, -0.1) is 0 Å². The number of rotatable bonds is 10. The van der Waals surface area contributed by atoms with E-state index in [9.17, 15) is 13.2 Å². The third-order valence-corrected chi connectivity index (χ3v) is 9.16. The lowest BCUT2D eigenvalue weighted by Crippen LogP contribution is -2.42. The number of carbonyl (C=O) groups is 1. The smallest absolute Gasteiger partial charge is 0.243 e. The van der Waals surface area contributed by atoms with Crippen molar-refractivity contribution < 1.29 is 17.9 Å². The van der Waals surface area contributed by atoms with Gasteiger partial charge in [-0.05, 0) is 74.0 Å². The third-order valence-electron chi connectivity index (χ3n) is 7.33. The van der Waals surface area contributed by atoms with Crippen molar-refractivity contribution in [3.05, 3.63) is 59.7 Å². The summed E-state index contributed by atoms with van der Waals surface area (Å²) in [6, 6.07) is 14.8. The summed E-state index contributed by atoms with van der Waals surface area (Å²) in [6.45, 7) is 8.10. The number of methoxy groups -OCH3 is 1. The molecule has 7 nitrogen and oxygen atoms in total. The second kappa shape index (κ2) is 11.9. The van der Waals surface area contributed by atoms with Crippen molar-refractivity contribution in [1.29, 1.82) is 0 Å². The molecule has 36 heavy (non-hydrogen) atoms. The highest BCUT2D eigenvalue weighted by atomic mass is 32.2. The number of ketones is 1. The second-order valence-electron chi connectivity index (χ2n) is 10.4. The highest BCUT2D eigenvalue weighted by molar-refractivity contribution is 7.89. The number of hydrogen-bond acceptors (Lipinski definition) is 6. The first-order chi connectivity index (χ1) is 17.3. The molecule has 0 aromatic heterocycles. The molecule has 2 aromatic rings. The largest absolute Gasteiger partial charge is 0.497 e. The van der Waals surface area contributed by atoms with Gasteiger partial charge >= 0.3 is 0 Å². The summed E-state index contributed by atoms with van der Waals surface area (Å²) in [4.78, 5) is 15.7. The van der Waals surface area contributed by atoms with E-state index in [0.29, 0.717) is 37.0 Å². The van der Waals surface area contributed by atoms with Crippen LogP contribution in [-0.2, 0) is 10.0 Å². The summed E-state index contributed by atoms with van der Waals surface area (Å²) >= 11 is 0. The van der Waals surface area contributed by atoms with Crippen LogP contribution in [0.2, 0.25) is 0 Å². The van der Waals surface area contributed by atoms with E-state index in [2.05, 4.69) is 36.2 Å². The zero-order valence-electron chi connectivity index (χ0n) is 21.7. The number of benzene rings is 2. The number of Topliss-reactive ketones (excluding diaryl/α,β-unsaturated/α-hetero) is 1. The van der Waals surface area contributed by atoms with Gasteiger partial charge in [0.05, 0.1) is 18.6 Å². The van der Waals surface area contributed by atoms with E-state index in [1.165, 1.54) is 24.5 Å². The molecule has 0 bridgehead atoms. The van der Waals surface area contributed by atoms with E-state index in [1.54, 1.807) is 29.6 Å². The lowest BCUT2D eigenvalue weighted by Gasteiger charge is -2.34. The zero-order chi connectivity index (χ0) is 25.7. The van der Waals surface area contributed by atoms with E-state index in [0.717, 1.165) is 25.3 Å². The van der Waals surface area contributed by atoms with Crippen molar-refractivity contribution in [3.8, 4) is 5.75 Å². The molecule has 2 fully saturated rings. The minimum absolute atomic E-state index is 0.109. The van der Waals surface area contributed by atoms with E-state index < -0.39 is 10.0 Å². The minimum Gasteiger partial charge on any atom is -0.497 e. The summed E-state index contributed by atoms with van der Waals surface area (Å²) < 4.78 is 33.5. The van der Waals surface area contributed by atoms with Crippen LogP contribution in [0.25, 0.3) is 0 Å². The van der Waals surface area contributed by atoms with Gasteiger partial charge in [0, 0.05) is 31.2 Å². The number of carbonyl (C=O) groups excluding carboxylic acids is 1. The van der Waals surface area contributed by atoms with E-state index in [4.69, 9.17) is 4.74 Å². The minimum atomic E-state index is -3.63. The van der Waals surface area contributed by atoms with Gasteiger partial charge in [-0.1, -0.05) is 38.1 Å². The van der Waals surface area contributed by atoms with Gasteiger partial charge in [0.1, 0.15) is 5.75 Å². The third kappa shape index (κ3) is 6.35. The molecule has 2 aliphatic heterocycles. The van der Waals surface area contributed by atoms with Gasteiger partial charge < -0.3 is 10.1 Å². The lowest BCUT2D eigenvalue weighted by atomic mass is 9.94. The molecular formula is C28H39N3O4S. The van der Waals surface area contributed by atoms with Crippen LogP contribution >= 0.6 is 0 Å². The number of nitrogens with one attached hydrogen (secondary N) is 1. The number of sulfonamides is 1. The Hall–Kier alpha value is -2.26. The fraction of sp³-hybridized carbons (Fsp3) is 0.536. The van der Waals surface area contributed by atoms with Gasteiger partial charge in [-0.25, -0.2) is 8.42 Å². The van der Waals surface area contributed by atoms with Gasteiger partial charge in [-0.2, -0.15) is 4.31 Å². The van der Waals surface area contributed by atoms with Gasteiger partial charge in [0.2, 0.25) is 10.0 Å². The van der Waals surface area contributed by atoms with Gasteiger partial charge in [-0.3, -0.25) is 9.69 Å². The summed E-state index contributed by atoms with van der Waals surface area (Å²) in [5.41, 5.74) is 1.61. The maximum Gasteiger partial charge on any atom is 0.243 e. The SMILES string of the molecule is COc1ccc(C(CNCC(=O)c2cccc(S(=O)(=O)N3CC(C)CC(C)C3)c2)N2CCCC2)cc1. The zero-order valence-corrected chi connectivity index (χ0v) is 22.5. The van der Waals surface area contributed by atoms with Crippen LogP contribution in [0, 0.1) is 11.8 Å². The number of ether oxygens (including phenoxy) is 1. The molecular weight excluding hydrogens is 474 g/mol. The predicted octanol–water partition coefficient (Wildman–Crippen LogP) is 3.97. The summed E-state index contributed by atoms with van der Waals surface area (Å²) in [7, 11) is -1.97. The Bertz CT molecular complexity index is 1120. The Morgan fingerprint density at radius 2 is 1.72 bits per heavy atom. The van der Waals surface area contributed by atoms with Crippen LogP contribution in [0.1, 0.15) is 55.1 Å². The van der Waals surface area contributed by atoms with Crippen molar-refractivity contribution in [3.63, 3.8) is 0 Å². The average molecular weight is 514 g/mol. The quantitative estimate of drug-likeness (QED) is 0.485. The predicted molar refractivity (Wildman–Crippen MR) is 142 cm³/mol. The molecule has 0 spiro atoms. The number of hydrogen-bond donors (Lipinski definition) is 1. The highest BCUT2D eigenvalue weighted by Crippen LogP contribution is 2.28. The molecule has 0 saturated carbocycles. The molecule has 2 aromatic carbocycles. The Morgan fingerprint density at radius 1 is 1.06 bits per heavy atom. The van der Waals surface area contributed by atoms with Crippen LogP contribution in [0.15, 0.2) is 53.4 Å².